The Morgan fingerprint density at radius 3 is 2.86 bits per heavy atom. The fraction of sp³-hybridized carbons (Fsp3) is 0.400. The highest BCUT2D eigenvalue weighted by atomic mass is 16.1. The molecule has 0 saturated heterocycles. The molecule has 1 aliphatic carbocycles. The standard InChI is InChI=1S/C10H13N3O/c11-9-6-2-5-8(13-9)10(14)12-7-3-1-4-7/h2,5-7H,1,3-4H2,(H2,11,13)(H,12,14). The SMILES string of the molecule is Nc1cccc(C(=O)NC2CCC2)n1. The van der Waals surface area contributed by atoms with Gasteiger partial charge in [0.15, 0.2) is 0 Å². The van der Waals surface area contributed by atoms with Crippen LogP contribution in [0.4, 0.5) is 5.82 Å². The van der Waals surface area contributed by atoms with E-state index in [0.29, 0.717) is 17.6 Å². The summed E-state index contributed by atoms with van der Waals surface area (Å²) in [4.78, 5) is 15.5. The van der Waals surface area contributed by atoms with Crippen molar-refractivity contribution >= 4 is 11.7 Å². The summed E-state index contributed by atoms with van der Waals surface area (Å²) < 4.78 is 0. The highest BCUT2D eigenvalue weighted by Crippen LogP contribution is 2.18. The Morgan fingerprint density at radius 2 is 2.29 bits per heavy atom. The third-order valence-electron chi connectivity index (χ3n) is 2.44. The normalized spacial score (nSPS) is 16.0. The van der Waals surface area contributed by atoms with Gasteiger partial charge >= 0.3 is 0 Å². The minimum Gasteiger partial charge on any atom is -0.384 e. The molecule has 1 aromatic heterocycles. The van der Waals surface area contributed by atoms with Gasteiger partial charge in [0.1, 0.15) is 11.5 Å². The zero-order valence-electron chi connectivity index (χ0n) is 7.86. The monoisotopic (exact) mass is 191 g/mol. The van der Waals surface area contributed by atoms with E-state index in [1.807, 2.05) is 0 Å². The first-order valence-corrected chi connectivity index (χ1v) is 4.79. The minimum absolute atomic E-state index is 0.123. The van der Waals surface area contributed by atoms with Crippen LogP contribution in [0.15, 0.2) is 18.2 Å². The Kier molecular flexibility index (Phi) is 2.35. The van der Waals surface area contributed by atoms with Gasteiger partial charge in [-0.3, -0.25) is 4.79 Å². The molecule has 0 aromatic carbocycles. The number of aromatic nitrogens is 1. The number of nitrogen functional groups attached to an aromatic ring is 1. The van der Waals surface area contributed by atoms with Crippen molar-refractivity contribution in [2.75, 3.05) is 5.73 Å². The number of nitrogens with one attached hydrogen (secondary N) is 1. The van der Waals surface area contributed by atoms with Crippen molar-refractivity contribution < 1.29 is 4.79 Å². The predicted octanol–water partition coefficient (Wildman–Crippen LogP) is 0.946. The van der Waals surface area contributed by atoms with Crippen molar-refractivity contribution in [2.45, 2.75) is 25.3 Å². The molecule has 3 N–H and O–H groups in total. The number of anilines is 1. The lowest BCUT2D eigenvalue weighted by Crippen LogP contribution is -2.39. The summed E-state index contributed by atoms with van der Waals surface area (Å²) in [6.07, 6.45) is 3.36. The second-order valence-electron chi connectivity index (χ2n) is 3.55. The van der Waals surface area contributed by atoms with Crippen LogP contribution in [-0.4, -0.2) is 16.9 Å². The van der Waals surface area contributed by atoms with Gasteiger partial charge in [0, 0.05) is 6.04 Å². The van der Waals surface area contributed by atoms with Crippen molar-refractivity contribution in [3.63, 3.8) is 0 Å². The quantitative estimate of drug-likeness (QED) is 0.731. The number of amides is 1. The van der Waals surface area contributed by atoms with Crippen LogP contribution in [0, 0.1) is 0 Å². The van der Waals surface area contributed by atoms with Crippen molar-refractivity contribution in [3.8, 4) is 0 Å². The molecule has 4 heteroatoms. The van der Waals surface area contributed by atoms with Crippen LogP contribution in [0.25, 0.3) is 0 Å². The Labute approximate surface area is 82.5 Å². The van der Waals surface area contributed by atoms with Crippen molar-refractivity contribution in [1.29, 1.82) is 0 Å². The summed E-state index contributed by atoms with van der Waals surface area (Å²) in [5, 5.41) is 2.90. The molecule has 0 aliphatic heterocycles. The van der Waals surface area contributed by atoms with Gasteiger partial charge in [-0.05, 0) is 31.4 Å². The molecule has 0 radical (unpaired) electrons. The van der Waals surface area contributed by atoms with Gasteiger partial charge in [-0.2, -0.15) is 0 Å². The third-order valence-corrected chi connectivity index (χ3v) is 2.44. The second kappa shape index (κ2) is 3.65. The van der Waals surface area contributed by atoms with E-state index in [9.17, 15) is 4.79 Å². The first-order valence-electron chi connectivity index (χ1n) is 4.79. The third kappa shape index (κ3) is 1.84. The number of hydrogen-bond donors (Lipinski definition) is 2. The Hall–Kier alpha value is -1.58. The molecule has 1 saturated carbocycles. The van der Waals surface area contributed by atoms with Crippen LogP contribution in [0.2, 0.25) is 0 Å². The highest BCUT2D eigenvalue weighted by Gasteiger charge is 2.20. The molecule has 74 valence electrons. The summed E-state index contributed by atoms with van der Waals surface area (Å²) in [5.74, 6) is 0.258. The molecule has 0 spiro atoms. The largest absolute Gasteiger partial charge is 0.384 e. The molecule has 1 aromatic rings. The molecule has 2 rings (SSSR count). The van der Waals surface area contributed by atoms with Gasteiger partial charge in [0.05, 0.1) is 0 Å². The number of carbonyl (C=O) groups excluding carboxylic acids is 1. The average Bonchev–Trinajstić information content (AvgIpc) is 2.11. The topological polar surface area (TPSA) is 68.0 Å². The average molecular weight is 191 g/mol. The Balaban J connectivity index is 2.02. The number of pyridine rings is 1. The lowest BCUT2D eigenvalue weighted by atomic mass is 9.93. The van der Waals surface area contributed by atoms with Crippen LogP contribution < -0.4 is 11.1 Å². The van der Waals surface area contributed by atoms with Crippen molar-refractivity contribution in [3.05, 3.63) is 23.9 Å². The van der Waals surface area contributed by atoms with E-state index in [4.69, 9.17) is 5.73 Å². The number of hydrogen-bond acceptors (Lipinski definition) is 3. The molecular weight excluding hydrogens is 178 g/mol. The Morgan fingerprint density at radius 1 is 1.50 bits per heavy atom. The lowest BCUT2D eigenvalue weighted by molar-refractivity contribution is 0.0912. The lowest BCUT2D eigenvalue weighted by Gasteiger charge is -2.26. The molecule has 0 unspecified atom stereocenters. The number of rotatable bonds is 2. The summed E-state index contributed by atoms with van der Waals surface area (Å²) in [5.41, 5.74) is 5.88. The molecular formula is C10H13N3O. The van der Waals surface area contributed by atoms with E-state index in [-0.39, 0.29) is 5.91 Å². The number of nitrogens with zero attached hydrogens (tertiary/aromatic N) is 1. The number of carbonyl (C=O) groups is 1. The summed E-state index contributed by atoms with van der Waals surface area (Å²) in [6.45, 7) is 0. The van der Waals surface area contributed by atoms with E-state index in [2.05, 4.69) is 10.3 Å². The van der Waals surface area contributed by atoms with Gasteiger partial charge in [0.2, 0.25) is 0 Å². The maximum Gasteiger partial charge on any atom is 0.270 e. The minimum atomic E-state index is -0.123. The molecule has 1 aliphatic rings. The van der Waals surface area contributed by atoms with Crippen LogP contribution >= 0.6 is 0 Å². The van der Waals surface area contributed by atoms with E-state index < -0.39 is 0 Å². The maximum atomic E-state index is 11.6. The van der Waals surface area contributed by atoms with E-state index in [1.54, 1.807) is 18.2 Å². The predicted molar refractivity (Wildman–Crippen MR) is 53.8 cm³/mol. The van der Waals surface area contributed by atoms with Crippen LogP contribution in [0.5, 0.6) is 0 Å². The van der Waals surface area contributed by atoms with E-state index >= 15 is 0 Å². The molecule has 1 heterocycles. The van der Waals surface area contributed by atoms with Gasteiger partial charge in [-0.25, -0.2) is 4.98 Å². The van der Waals surface area contributed by atoms with Crippen molar-refractivity contribution in [2.24, 2.45) is 0 Å². The van der Waals surface area contributed by atoms with Crippen LogP contribution in [0.1, 0.15) is 29.8 Å². The summed E-state index contributed by atoms with van der Waals surface area (Å²) >= 11 is 0. The second-order valence-corrected chi connectivity index (χ2v) is 3.55. The molecule has 14 heavy (non-hydrogen) atoms. The molecule has 0 atom stereocenters. The van der Waals surface area contributed by atoms with E-state index in [0.717, 1.165) is 12.8 Å². The van der Waals surface area contributed by atoms with Gasteiger partial charge in [-0.15, -0.1) is 0 Å². The van der Waals surface area contributed by atoms with Gasteiger partial charge < -0.3 is 11.1 Å². The molecule has 1 fully saturated rings. The first-order chi connectivity index (χ1) is 6.75. The molecule has 1 amide bonds. The van der Waals surface area contributed by atoms with Gasteiger partial charge in [0.25, 0.3) is 5.91 Å². The fourth-order valence-corrected chi connectivity index (χ4v) is 1.39. The Bertz CT molecular complexity index is 347. The zero-order chi connectivity index (χ0) is 9.97. The molecule has 4 nitrogen and oxygen atoms in total. The summed E-state index contributed by atoms with van der Waals surface area (Å²) in [7, 11) is 0. The van der Waals surface area contributed by atoms with Crippen LogP contribution in [-0.2, 0) is 0 Å². The summed E-state index contributed by atoms with van der Waals surface area (Å²) in [6, 6.07) is 5.41. The zero-order valence-corrected chi connectivity index (χ0v) is 7.86. The highest BCUT2D eigenvalue weighted by molar-refractivity contribution is 5.92. The van der Waals surface area contributed by atoms with Crippen LogP contribution in [0.3, 0.4) is 0 Å². The molecule has 0 bridgehead atoms. The first kappa shape index (κ1) is 8.99. The van der Waals surface area contributed by atoms with Gasteiger partial charge in [-0.1, -0.05) is 6.07 Å². The van der Waals surface area contributed by atoms with Crippen molar-refractivity contribution in [1.82, 2.24) is 10.3 Å². The maximum absolute atomic E-state index is 11.6. The smallest absolute Gasteiger partial charge is 0.270 e. The van der Waals surface area contributed by atoms with E-state index in [1.165, 1.54) is 6.42 Å². The number of nitrogens with two attached hydrogens (primary N) is 1. The fourth-order valence-electron chi connectivity index (χ4n) is 1.39.